The van der Waals surface area contributed by atoms with Crippen LogP contribution >= 0.6 is 0 Å². The van der Waals surface area contributed by atoms with E-state index in [1.54, 1.807) is 12.4 Å². The van der Waals surface area contributed by atoms with E-state index in [-0.39, 0.29) is 11.9 Å². The van der Waals surface area contributed by atoms with Gasteiger partial charge in [-0.05, 0) is 17.9 Å². The third-order valence-corrected chi connectivity index (χ3v) is 4.79. The number of rotatable bonds is 4. The molecule has 0 aliphatic carbocycles. The van der Waals surface area contributed by atoms with Gasteiger partial charge in [0.05, 0.1) is 6.20 Å². The lowest BCUT2D eigenvalue weighted by atomic mass is 9.92. The molecule has 1 aromatic heterocycles. The summed E-state index contributed by atoms with van der Waals surface area (Å²) >= 11 is 0. The number of carbonyl (C=O) groups excluding carboxylic acids is 1. The molecule has 3 rings (SSSR count). The number of piperidine rings is 1. The van der Waals surface area contributed by atoms with E-state index in [9.17, 15) is 4.79 Å². The first-order valence-corrected chi connectivity index (χ1v) is 8.44. The van der Waals surface area contributed by atoms with E-state index in [4.69, 9.17) is 0 Å². The third-order valence-electron chi connectivity index (χ3n) is 4.79. The van der Waals surface area contributed by atoms with Gasteiger partial charge in [-0.3, -0.25) is 14.7 Å². The molecular formula is C19H24N4O. The van der Waals surface area contributed by atoms with Crippen LogP contribution in [0.4, 0.5) is 0 Å². The first kappa shape index (κ1) is 16.6. The molecule has 5 heteroatoms. The lowest BCUT2D eigenvalue weighted by Gasteiger charge is -2.41. The minimum absolute atomic E-state index is 0.0449. The van der Waals surface area contributed by atoms with Crippen molar-refractivity contribution in [3.63, 3.8) is 0 Å². The Balaban J connectivity index is 1.60. The molecule has 1 saturated heterocycles. The topological polar surface area (TPSA) is 49.3 Å². The second-order valence-electron chi connectivity index (χ2n) is 6.56. The largest absolute Gasteiger partial charge is 0.337 e. The molecule has 126 valence electrons. The summed E-state index contributed by atoms with van der Waals surface area (Å²) in [5.74, 6) is 0.379. The van der Waals surface area contributed by atoms with Crippen LogP contribution in [0.25, 0.3) is 0 Å². The molecule has 2 atom stereocenters. The Kier molecular flexibility index (Phi) is 5.20. The summed E-state index contributed by atoms with van der Waals surface area (Å²) in [4.78, 5) is 25.0. The van der Waals surface area contributed by atoms with Crippen molar-refractivity contribution in [2.75, 3.05) is 20.1 Å². The van der Waals surface area contributed by atoms with Gasteiger partial charge in [-0.2, -0.15) is 0 Å². The van der Waals surface area contributed by atoms with Crippen molar-refractivity contribution >= 4 is 5.91 Å². The second kappa shape index (κ2) is 7.53. The Bertz CT molecular complexity index is 662. The van der Waals surface area contributed by atoms with Crippen molar-refractivity contribution in [1.29, 1.82) is 0 Å². The molecule has 0 N–H and O–H groups in total. The Morgan fingerprint density at radius 3 is 2.75 bits per heavy atom. The van der Waals surface area contributed by atoms with Crippen molar-refractivity contribution in [1.82, 2.24) is 19.8 Å². The number of hydrogen-bond donors (Lipinski definition) is 0. The number of likely N-dealkylation sites (tertiary alicyclic amines) is 1. The highest BCUT2D eigenvalue weighted by Crippen LogP contribution is 2.23. The van der Waals surface area contributed by atoms with Gasteiger partial charge in [-0.25, -0.2) is 4.98 Å². The van der Waals surface area contributed by atoms with E-state index < -0.39 is 0 Å². The molecule has 0 spiro atoms. The van der Waals surface area contributed by atoms with Crippen molar-refractivity contribution < 1.29 is 4.79 Å². The van der Waals surface area contributed by atoms with Gasteiger partial charge in [0.1, 0.15) is 5.69 Å². The number of hydrogen-bond acceptors (Lipinski definition) is 4. The Morgan fingerprint density at radius 1 is 1.29 bits per heavy atom. The average molecular weight is 324 g/mol. The molecule has 1 amide bonds. The second-order valence-corrected chi connectivity index (χ2v) is 6.56. The first-order valence-electron chi connectivity index (χ1n) is 8.44. The fourth-order valence-corrected chi connectivity index (χ4v) is 3.52. The van der Waals surface area contributed by atoms with Crippen LogP contribution in [0.5, 0.6) is 0 Å². The summed E-state index contributed by atoms with van der Waals surface area (Å²) in [5.41, 5.74) is 1.76. The fraction of sp³-hybridized carbons (Fsp3) is 0.421. The fourth-order valence-electron chi connectivity index (χ4n) is 3.52. The maximum absolute atomic E-state index is 12.6. The molecular weight excluding hydrogens is 300 g/mol. The average Bonchev–Trinajstić information content (AvgIpc) is 2.62. The van der Waals surface area contributed by atoms with Crippen molar-refractivity contribution in [3.8, 4) is 0 Å². The lowest BCUT2D eigenvalue weighted by Crippen LogP contribution is -2.50. The Morgan fingerprint density at radius 2 is 2.08 bits per heavy atom. The maximum atomic E-state index is 12.6. The molecule has 1 aliphatic heterocycles. The minimum Gasteiger partial charge on any atom is -0.337 e. The molecule has 1 aliphatic rings. The van der Waals surface area contributed by atoms with Crippen LogP contribution in [0.1, 0.15) is 29.4 Å². The number of carbonyl (C=O) groups is 1. The molecule has 24 heavy (non-hydrogen) atoms. The van der Waals surface area contributed by atoms with Crippen LogP contribution in [0, 0.1) is 5.92 Å². The maximum Gasteiger partial charge on any atom is 0.274 e. The highest BCUT2D eigenvalue weighted by Gasteiger charge is 2.31. The van der Waals surface area contributed by atoms with E-state index in [2.05, 4.69) is 46.1 Å². The third kappa shape index (κ3) is 3.79. The van der Waals surface area contributed by atoms with E-state index in [1.807, 2.05) is 18.0 Å². The SMILES string of the molecule is C[C@@H]1CN(Cc2ccccc2)CC[C@H]1N(C)C(=O)c1cnccn1. The molecule has 1 aromatic carbocycles. The van der Waals surface area contributed by atoms with Crippen molar-refractivity contribution in [3.05, 3.63) is 60.2 Å². The van der Waals surface area contributed by atoms with E-state index in [1.165, 1.54) is 11.8 Å². The molecule has 0 unspecified atom stereocenters. The van der Waals surface area contributed by atoms with Gasteiger partial charge in [0, 0.05) is 45.1 Å². The van der Waals surface area contributed by atoms with Gasteiger partial charge in [-0.15, -0.1) is 0 Å². The van der Waals surface area contributed by atoms with E-state index in [0.717, 1.165) is 26.1 Å². The van der Waals surface area contributed by atoms with Gasteiger partial charge in [0.15, 0.2) is 0 Å². The molecule has 5 nitrogen and oxygen atoms in total. The van der Waals surface area contributed by atoms with Crippen LogP contribution < -0.4 is 0 Å². The summed E-state index contributed by atoms with van der Waals surface area (Å²) in [6.07, 6.45) is 5.67. The van der Waals surface area contributed by atoms with Crippen LogP contribution in [0.15, 0.2) is 48.9 Å². The molecule has 0 saturated carbocycles. The summed E-state index contributed by atoms with van der Waals surface area (Å²) in [6, 6.07) is 10.8. The lowest BCUT2D eigenvalue weighted by molar-refractivity contribution is 0.0492. The van der Waals surface area contributed by atoms with Crippen LogP contribution in [-0.2, 0) is 6.54 Å². The Hall–Kier alpha value is -2.27. The summed E-state index contributed by atoms with van der Waals surface area (Å²) in [6.45, 7) is 5.20. The zero-order valence-corrected chi connectivity index (χ0v) is 14.3. The van der Waals surface area contributed by atoms with Crippen LogP contribution in [-0.4, -0.2) is 51.9 Å². The molecule has 2 heterocycles. The highest BCUT2D eigenvalue weighted by atomic mass is 16.2. The van der Waals surface area contributed by atoms with E-state index in [0.29, 0.717) is 11.6 Å². The zero-order chi connectivity index (χ0) is 16.9. The highest BCUT2D eigenvalue weighted by molar-refractivity contribution is 5.92. The normalized spacial score (nSPS) is 21.4. The number of aromatic nitrogens is 2. The molecule has 2 aromatic rings. The Labute approximate surface area is 143 Å². The summed E-state index contributed by atoms with van der Waals surface area (Å²) in [7, 11) is 1.88. The number of nitrogens with zero attached hydrogens (tertiary/aromatic N) is 4. The van der Waals surface area contributed by atoms with E-state index >= 15 is 0 Å². The van der Waals surface area contributed by atoms with Gasteiger partial charge in [-0.1, -0.05) is 37.3 Å². The van der Waals surface area contributed by atoms with Gasteiger partial charge < -0.3 is 4.90 Å². The van der Waals surface area contributed by atoms with Crippen molar-refractivity contribution in [2.45, 2.75) is 25.9 Å². The monoisotopic (exact) mass is 324 g/mol. The zero-order valence-electron chi connectivity index (χ0n) is 14.3. The van der Waals surface area contributed by atoms with Gasteiger partial charge in [0.2, 0.25) is 0 Å². The number of amides is 1. The predicted molar refractivity (Wildman–Crippen MR) is 93.4 cm³/mol. The van der Waals surface area contributed by atoms with Crippen molar-refractivity contribution in [2.24, 2.45) is 5.92 Å². The molecule has 0 radical (unpaired) electrons. The van der Waals surface area contributed by atoms with Crippen LogP contribution in [0.3, 0.4) is 0 Å². The molecule has 0 bridgehead atoms. The summed E-state index contributed by atoms with van der Waals surface area (Å²) in [5, 5.41) is 0. The van der Waals surface area contributed by atoms with Crippen LogP contribution in [0.2, 0.25) is 0 Å². The number of benzene rings is 1. The smallest absolute Gasteiger partial charge is 0.274 e. The van der Waals surface area contributed by atoms with Gasteiger partial charge >= 0.3 is 0 Å². The minimum atomic E-state index is -0.0449. The quantitative estimate of drug-likeness (QED) is 0.867. The molecule has 1 fully saturated rings. The predicted octanol–water partition coefficient (Wildman–Crippen LogP) is 2.46. The standard InChI is InChI=1S/C19H24N4O/c1-15-13-23(14-16-6-4-3-5-7-16)11-8-18(15)22(2)19(24)17-12-20-9-10-21-17/h3-7,9-10,12,15,18H,8,11,13-14H2,1-2H3/t15-,18-/m1/s1. The summed E-state index contributed by atoms with van der Waals surface area (Å²) < 4.78 is 0. The van der Waals surface area contributed by atoms with Gasteiger partial charge in [0.25, 0.3) is 5.91 Å². The first-order chi connectivity index (χ1) is 11.6.